The molecule has 8 heteroatoms. The molecule has 174 valence electrons. The van der Waals surface area contributed by atoms with Gasteiger partial charge in [0.1, 0.15) is 24.6 Å². The number of pyridine rings is 1. The first kappa shape index (κ1) is 24.3. The number of nitrogens with zero attached hydrogens (tertiary/aromatic N) is 3. The van der Waals surface area contributed by atoms with Gasteiger partial charge < -0.3 is 15.2 Å². The van der Waals surface area contributed by atoms with E-state index in [-0.39, 0.29) is 12.4 Å². The summed E-state index contributed by atoms with van der Waals surface area (Å²) in [6, 6.07) is 15.6. The molecule has 1 heterocycles. The van der Waals surface area contributed by atoms with Crippen LogP contribution < -0.4 is 15.2 Å². The van der Waals surface area contributed by atoms with Gasteiger partial charge in [0.05, 0.1) is 28.4 Å². The van der Waals surface area contributed by atoms with Gasteiger partial charge in [-0.3, -0.25) is 0 Å². The zero-order valence-corrected chi connectivity index (χ0v) is 21.6. The minimum Gasteiger partial charge on any atom is -0.493 e. The molecule has 1 aromatic heterocycles. The molecule has 2 aromatic carbocycles. The maximum absolute atomic E-state index is 9.78. The summed E-state index contributed by atoms with van der Waals surface area (Å²) in [6.07, 6.45) is 1.94. The van der Waals surface area contributed by atoms with Crippen molar-refractivity contribution in [3.05, 3.63) is 85.0 Å². The molecule has 2 N–H and O–H groups in total. The minimum absolute atomic E-state index is 0.120. The Morgan fingerprint density at radius 2 is 1.91 bits per heavy atom. The van der Waals surface area contributed by atoms with Gasteiger partial charge in [0.15, 0.2) is 11.5 Å². The average molecular weight is 548 g/mol. The van der Waals surface area contributed by atoms with Crippen molar-refractivity contribution in [2.75, 3.05) is 12.8 Å². The molecule has 0 saturated carbocycles. The van der Waals surface area contributed by atoms with Crippen LogP contribution in [0.2, 0.25) is 5.02 Å². The van der Waals surface area contributed by atoms with Crippen LogP contribution in [0.4, 0.5) is 5.82 Å². The van der Waals surface area contributed by atoms with Gasteiger partial charge in [0.25, 0.3) is 0 Å². The fraction of sp³-hybridized carbons (Fsp3) is 0.148. The van der Waals surface area contributed by atoms with E-state index in [9.17, 15) is 10.5 Å². The van der Waals surface area contributed by atoms with Gasteiger partial charge in [0, 0.05) is 16.1 Å². The highest BCUT2D eigenvalue weighted by Gasteiger charge is 2.29. The molecule has 6 nitrogen and oxygen atoms in total. The van der Waals surface area contributed by atoms with Gasteiger partial charge in [-0.05, 0) is 76.3 Å². The summed E-state index contributed by atoms with van der Waals surface area (Å²) in [4.78, 5) is 4.37. The van der Waals surface area contributed by atoms with Gasteiger partial charge in [-0.2, -0.15) is 10.5 Å². The Labute approximate surface area is 217 Å². The van der Waals surface area contributed by atoms with Gasteiger partial charge in [-0.1, -0.05) is 29.8 Å². The number of nitrogen functional groups attached to an aromatic ring is 1. The van der Waals surface area contributed by atoms with E-state index in [1.807, 2.05) is 56.3 Å². The van der Waals surface area contributed by atoms with E-state index >= 15 is 0 Å². The maximum atomic E-state index is 9.78. The summed E-state index contributed by atoms with van der Waals surface area (Å²) in [5.74, 6) is 1.20. The molecule has 0 unspecified atom stereocenters. The Kier molecular flexibility index (Phi) is 6.84. The van der Waals surface area contributed by atoms with Gasteiger partial charge in [-0.15, -0.1) is 0 Å². The van der Waals surface area contributed by atoms with Crippen LogP contribution in [0.15, 0.2) is 46.4 Å². The number of ether oxygens (including phenoxy) is 2. The molecule has 0 amide bonds. The Bertz CT molecular complexity index is 1510. The number of allylic oxidation sites excluding steroid dienone is 3. The first-order chi connectivity index (χ1) is 16.8. The van der Waals surface area contributed by atoms with Crippen molar-refractivity contribution in [2.24, 2.45) is 0 Å². The third kappa shape index (κ3) is 4.37. The van der Waals surface area contributed by atoms with E-state index in [4.69, 9.17) is 26.8 Å². The maximum Gasteiger partial charge on any atom is 0.175 e. The number of aromatic nitrogens is 1. The Hall–Kier alpha value is -3.78. The van der Waals surface area contributed by atoms with Crippen LogP contribution in [0.3, 0.4) is 0 Å². The SMILES string of the molecule is COc1cc(C=C2C(C)=C(C#N)c3nc(N)c(C#N)c(C)c32)cc(Br)c1OCc1ccccc1Cl. The van der Waals surface area contributed by atoms with Gasteiger partial charge >= 0.3 is 0 Å². The number of rotatable bonds is 5. The molecule has 0 fully saturated rings. The van der Waals surface area contributed by atoms with Crippen molar-refractivity contribution in [1.82, 2.24) is 4.98 Å². The van der Waals surface area contributed by atoms with Gasteiger partial charge in [0.2, 0.25) is 0 Å². The van der Waals surface area contributed by atoms with Crippen molar-refractivity contribution in [1.29, 1.82) is 10.5 Å². The largest absolute Gasteiger partial charge is 0.493 e. The number of fused-ring (bicyclic) bond motifs is 1. The predicted octanol–water partition coefficient (Wildman–Crippen LogP) is 6.70. The molecule has 0 bridgehead atoms. The Balaban J connectivity index is 1.79. The van der Waals surface area contributed by atoms with E-state index in [1.165, 1.54) is 0 Å². The Morgan fingerprint density at radius 1 is 1.17 bits per heavy atom. The van der Waals surface area contributed by atoms with Crippen molar-refractivity contribution < 1.29 is 9.47 Å². The lowest BCUT2D eigenvalue weighted by Gasteiger charge is -2.15. The summed E-state index contributed by atoms with van der Waals surface area (Å²) >= 11 is 9.85. The third-order valence-corrected chi connectivity index (χ3v) is 6.83. The highest BCUT2D eigenvalue weighted by Crippen LogP contribution is 2.45. The van der Waals surface area contributed by atoms with Crippen LogP contribution in [0.5, 0.6) is 11.5 Å². The minimum atomic E-state index is 0.120. The highest BCUT2D eigenvalue weighted by molar-refractivity contribution is 9.10. The molecule has 0 spiro atoms. The second kappa shape index (κ2) is 9.84. The van der Waals surface area contributed by atoms with Crippen LogP contribution >= 0.6 is 27.5 Å². The highest BCUT2D eigenvalue weighted by atomic mass is 79.9. The van der Waals surface area contributed by atoms with Crippen LogP contribution in [0, 0.1) is 29.6 Å². The van der Waals surface area contributed by atoms with Crippen LogP contribution in [-0.2, 0) is 6.61 Å². The van der Waals surface area contributed by atoms with Crippen molar-refractivity contribution in [3.8, 4) is 23.6 Å². The molecule has 1 aliphatic carbocycles. The molecule has 0 saturated heterocycles. The standard InChI is InChI=1S/C27H20BrClN4O2/c1-14-18(24-15(2)20(12-31)27(32)33-25(24)19(14)11-30)8-16-9-21(28)26(23(10-16)34-3)35-13-17-6-4-5-7-22(17)29/h4-10H,13H2,1-3H3,(H2,32,33). The lowest BCUT2D eigenvalue weighted by atomic mass is 9.95. The molecule has 0 radical (unpaired) electrons. The van der Waals surface area contributed by atoms with E-state index in [2.05, 4.69) is 33.1 Å². The van der Waals surface area contributed by atoms with Crippen molar-refractivity contribution in [3.63, 3.8) is 0 Å². The van der Waals surface area contributed by atoms with E-state index in [1.54, 1.807) is 7.11 Å². The fourth-order valence-electron chi connectivity index (χ4n) is 4.09. The van der Waals surface area contributed by atoms with Gasteiger partial charge in [-0.25, -0.2) is 4.98 Å². The molecule has 3 aromatic rings. The normalized spacial score (nSPS) is 13.4. The second-order valence-corrected chi connectivity index (χ2v) is 9.18. The van der Waals surface area contributed by atoms with Crippen LogP contribution in [0.1, 0.15) is 40.4 Å². The number of nitrogens with two attached hydrogens (primary N) is 1. The fourth-order valence-corrected chi connectivity index (χ4v) is 4.86. The molecular weight excluding hydrogens is 528 g/mol. The number of nitriles is 2. The van der Waals surface area contributed by atoms with Crippen LogP contribution in [-0.4, -0.2) is 12.1 Å². The summed E-state index contributed by atoms with van der Waals surface area (Å²) in [7, 11) is 1.57. The number of benzene rings is 2. The molecule has 0 atom stereocenters. The number of halogens is 2. The Morgan fingerprint density at radius 3 is 2.57 bits per heavy atom. The molecule has 4 rings (SSSR count). The van der Waals surface area contributed by atoms with E-state index < -0.39 is 0 Å². The number of hydrogen-bond acceptors (Lipinski definition) is 6. The van der Waals surface area contributed by atoms with E-state index in [0.29, 0.717) is 43.4 Å². The summed E-state index contributed by atoms with van der Waals surface area (Å²) in [6.45, 7) is 3.96. The zero-order valence-electron chi connectivity index (χ0n) is 19.2. The second-order valence-electron chi connectivity index (χ2n) is 7.92. The first-order valence-electron chi connectivity index (χ1n) is 10.6. The number of methoxy groups -OCH3 is 1. The summed E-state index contributed by atoms with van der Waals surface area (Å²) in [5, 5.41) is 20.0. The lowest BCUT2D eigenvalue weighted by molar-refractivity contribution is 0.282. The van der Waals surface area contributed by atoms with Crippen LogP contribution in [0.25, 0.3) is 17.2 Å². The lowest BCUT2D eigenvalue weighted by Crippen LogP contribution is -2.03. The quantitative estimate of drug-likeness (QED) is 0.381. The smallest absolute Gasteiger partial charge is 0.175 e. The monoisotopic (exact) mass is 546 g/mol. The molecule has 1 aliphatic rings. The first-order valence-corrected chi connectivity index (χ1v) is 11.8. The molecule has 35 heavy (non-hydrogen) atoms. The molecule has 0 aliphatic heterocycles. The number of anilines is 1. The topological polar surface area (TPSA) is 105 Å². The molecular formula is C27H20BrClN4O2. The summed E-state index contributed by atoms with van der Waals surface area (Å²) < 4.78 is 12.3. The summed E-state index contributed by atoms with van der Waals surface area (Å²) in [5.41, 5.74) is 11.9. The number of hydrogen-bond donors (Lipinski definition) is 1. The average Bonchev–Trinajstić information content (AvgIpc) is 3.09. The van der Waals surface area contributed by atoms with Crippen molar-refractivity contribution in [2.45, 2.75) is 20.5 Å². The predicted molar refractivity (Wildman–Crippen MR) is 141 cm³/mol. The zero-order chi connectivity index (χ0) is 25.3. The van der Waals surface area contributed by atoms with E-state index in [0.717, 1.165) is 27.8 Å². The third-order valence-electron chi connectivity index (χ3n) is 5.88. The van der Waals surface area contributed by atoms with Crippen molar-refractivity contribution >= 4 is 50.6 Å².